The molecule has 2 N–H and O–H groups in total. The van der Waals surface area contributed by atoms with Gasteiger partial charge in [-0.1, -0.05) is 24.3 Å². The number of aliphatic carboxylic acids is 1. The lowest BCUT2D eigenvalue weighted by Crippen LogP contribution is -2.41. The molecule has 2 aromatic heterocycles. The van der Waals surface area contributed by atoms with Gasteiger partial charge in [0.05, 0.1) is 11.4 Å². The monoisotopic (exact) mass is 624 g/mol. The molecule has 2 aliphatic heterocycles. The van der Waals surface area contributed by atoms with Crippen LogP contribution in [-0.4, -0.2) is 62.7 Å². The van der Waals surface area contributed by atoms with E-state index in [2.05, 4.69) is 20.4 Å². The molecule has 0 saturated carbocycles. The zero-order chi connectivity index (χ0) is 31.9. The third-order valence-corrected chi connectivity index (χ3v) is 8.58. The average molecular weight is 625 g/mol. The molecule has 0 aliphatic carbocycles. The van der Waals surface area contributed by atoms with E-state index in [1.54, 1.807) is 32.2 Å². The fourth-order valence-electron chi connectivity index (χ4n) is 6.22. The molecule has 2 aromatic carbocycles. The van der Waals surface area contributed by atoms with E-state index in [9.17, 15) is 27.5 Å². The van der Waals surface area contributed by atoms with Gasteiger partial charge >= 0.3 is 12.1 Å². The van der Waals surface area contributed by atoms with Crippen molar-refractivity contribution < 1.29 is 32.2 Å². The van der Waals surface area contributed by atoms with E-state index in [0.29, 0.717) is 48.7 Å². The highest BCUT2D eigenvalue weighted by Crippen LogP contribution is 2.42. The van der Waals surface area contributed by atoms with Gasteiger partial charge in [0.1, 0.15) is 23.5 Å². The summed E-state index contributed by atoms with van der Waals surface area (Å²) in [6.45, 7) is 5.06. The molecule has 2 aliphatic rings. The summed E-state index contributed by atoms with van der Waals surface area (Å²) in [5.74, 6) is -0.866. The van der Waals surface area contributed by atoms with E-state index in [-0.39, 0.29) is 28.4 Å². The van der Waals surface area contributed by atoms with Gasteiger partial charge in [0, 0.05) is 37.5 Å². The smallest absolute Gasteiger partial charge is 0.429 e. The maximum absolute atomic E-state index is 14.8. The number of nitrogens with one attached hydrogen (secondary N) is 1. The van der Waals surface area contributed by atoms with E-state index < -0.39 is 30.1 Å². The lowest BCUT2D eigenvalue weighted by molar-refractivity contribution is -0.198. The molecule has 0 amide bonds. The third-order valence-electron chi connectivity index (χ3n) is 8.58. The molecule has 2 fully saturated rings. The number of halogens is 4. The number of carboxylic acid groups (broad SMARTS) is 1. The summed E-state index contributed by atoms with van der Waals surface area (Å²) in [6.07, 6.45) is -3.69. The third kappa shape index (κ3) is 6.48. The second-order valence-electron chi connectivity index (χ2n) is 11.8. The van der Waals surface area contributed by atoms with E-state index in [1.165, 1.54) is 47.1 Å². The van der Waals surface area contributed by atoms with Crippen molar-refractivity contribution >= 4 is 11.8 Å². The summed E-state index contributed by atoms with van der Waals surface area (Å²) < 4.78 is 65.3. The van der Waals surface area contributed by atoms with Crippen LogP contribution in [-0.2, 0) is 4.79 Å². The lowest BCUT2D eigenvalue weighted by Gasteiger charge is -2.39. The molecule has 1 unspecified atom stereocenters. The van der Waals surface area contributed by atoms with Crippen LogP contribution in [0.25, 0.3) is 16.8 Å². The topological polar surface area (TPSA) is 105 Å². The van der Waals surface area contributed by atoms with Crippen molar-refractivity contribution in [2.75, 3.05) is 24.5 Å². The van der Waals surface area contributed by atoms with Crippen LogP contribution in [0.1, 0.15) is 42.4 Å². The number of aromatic nitrogens is 4. The first-order valence-electron chi connectivity index (χ1n) is 14.6. The van der Waals surface area contributed by atoms with E-state index in [4.69, 9.17) is 4.74 Å². The van der Waals surface area contributed by atoms with Gasteiger partial charge < -0.3 is 20.1 Å². The zero-order valence-electron chi connectivity index (χ0n) is 24.7. The molecule has 1 spiro atoms. The molecule has 236 valence electrons. The van der Waals surface area contributed by atoms with Gasteiger partial charge in [-0.25, -0.2) is 14.1 Å². The molecule has 2 atom stereocenters. The predicted octanol–water partition coefficient (Wildman–Crippen LogP) is 5.80. The van der Waals surface area contributed by atoms with E-state index >= 15 is 0 Å². The molecule has 4 aromatic rings. The van der Waals surface area contributed by atoms with Crippen molar-refractivity contribution in [3.05, 3.63) is 83.7 Å². The minimum atomic E-state index is -4.83. The molecule has 0 bridgehead atoms. The quantitative estimate of drug-likeness (QED) is 0.249. The molecular weight excluding hydrogens is 592 g/mol. The number of anilines is 1. The fourth-order valence-corrected chi connectivity index (χ4v) is 6.22. The Kier molecular flexibility index (Phi) is 7.98. The largest absolute Gasteiger partial charge is 0.480 e. The Hall–Kier alpha value is -4.52. The summed E-state index contributed by atoms with van der Waals surface area (Å²) in [5, 5.41) is 16.8. The van der Waals surface area contributed by atoms with Gasteiger partial charge in [-0.2, -0.15) is 23.3 Å². The Balaban J connectivity index is 1.30. The number of benzene rings is 2. The molecule has 45 heavy (non-hydrogen) atoms. The van der Waals surface area contributed by atoms with E-state index in [0.717, 1.165) is 12.8 Å². The summed E-state index contributed by atoms with van der Waals surface area (Å²) in [4.78, 5) is 22.1. The van der Waals surface area contributed by atoms with Crippen molar-refractivity contribution in [2.24, 2.45) is 5.41 Å². The minimum absolute atomic E-state index is 0.129. The van der Waals surface area contributed by atoms with Crippen molar-refractivity contribution in [1.82, 2.24) is 25.1 Å². The van der Waals surface area contributed by atoms with Gasteiger partial charge in [0.15, 0.2) is 0 Å². The molecule has 0 radical (unpaired) electrons. The Labute approximate surface area is 256 Å². The predicted molar refractivity (Wildman–Crippen MR) is 158 cm³/mol. The van der Waals surface area contributed by atoms with Crippen LogP contribution in [0, 0.1) is 25.1 Å². The molecule has 6 rings (SSSR count). The second-order valence-corrected chi connectivity index (χ2v) is 11.8. The van der Waals surface area contributed by atoms with E-state index in [1.807, 2.05) is 4.90 Å². The molecule has 9 nitrogen and oxygen atoms in total. The van der Waals surface area contributed by atoms with Gasteiger partial charge in [-0.05, 0) is 73.9 Å². The molecule has 4 heterocycles. The number of hydrogen-bond acceptors (Lipinski definition) is 7. The van der Waals surface area contributed by atoms with Crippen molar-refractivity contribution in [3.8, 4) is 22.7 Å². The number of ether oxygens (including phenoxy) is 1. The van der Waals surface area contributed by atoms with Crippen LogP contribution in [0.15, 0.2) is 60.8 Å². The number of nitrogens with zero attached hydrogens (tertiary/aromatic N) is 5. The number of aryl methyl sites for hydroxylation is 2. The van der Waals surface area contributed by atoms with Gasteiger partial charge in [0.2, 0.25) is 12.0 Å². The first-order chi connectivity index (χ1) is 21.4. The molecular formula is C32H32F4N6O3. The Morgan fingerprint density at radius 1 is 1.07 bits per heavy atom. The first-order valence-corrected chi connectivity index (χ1v) is 14.6. The average Bonchev–Trinajstić information content (AvgIpc) is 3.62. The van der Waals surface area contributed by atoms with Crippen LogP contribution in [0.3, 0.4) is 0 Å². The highest BCUT2D eigenvalue weighted by molar-refractivity contribution is 5.74. The minimum Gasteiger partial charge on any atom is -0.480 e. The SMILES string of the molecule is Cc1ccn(-c2cc(-c3cccc(F)c3)ccc2[C@@H](Oc2cc(N3CCC4(CC3)CNC(C(=O)O)C4)nc(C)n2)C(F)(F)F)n1. The summed E-state index contributed by atoms with van der Waals surface area (Å²) in [5.41, 5.74) is 1.42. The Morgan fingerprint density at radius 3 is 2.47 bits per heavy atom. The van der Waals surface area contributed by atoms with Crippen LogP contribution >= 0.6 is 0 Å². The second kappa shape index (κ2) is 11.8. The summed E-state index contributed by atoms with van der Waals surface area (Å²) >= 11 is 0. The standard InChI is InChI=1S/C32H32F4N6O3/c1-19-8-11-42(40-19)26-15-22(21-4-3-5-23(33)14-21)6-7-24(26)29(32(34,35)36)45-28-16-27(38-20(2)39-28)41-12-9-31(10-13-41)17-25(30(43)44)37-18-31/h3-8,11,14-16,25,29,37H,9-10,12-13,17-18H2,1-2H3,(H,43,44)/t25?,29-/m1/s1. The normalized spacial score (nSPS) is 18.7. The maximum atomic E-state index is 14.8. The molecule has 2 saturated heterocycles. The Morgan fingerprint density at radius 2 is 1.82 bits per heavy atom. The summed E-state index contributed by atoms with van der Waals surface area (Å²) in [6, 6.07) is 12.7. The van der Waals surface area contributed by atoms with Crippen molar-refractivity contribution in [2.45, 2.75) is 51.4 Å². The van der Waals surface area contributed by atoms with Crippen LogP contribution in [0.4, 0.5) is 23.4 Å². The van der Waals surface area contributed by atoms with Gasteiger partial charge in [-0.3, -0.25) is 4.79 Å². The highest BCUT2D eigenvalue weighted by Gasteiger charge is 2.46. The number of piperidine rings is 1. The Bertz CT molecular complexity index is 1720. The summed E-state index contributed by atoms with van der Waals surface area (Å²) in [7, 11) is 0. The van der Waals surface area contributed by atoms with Crippen molar-refractivity contribution in [3.63, 3.8) is 0 Å². The first kappa shape index (κ1) is 30.5. The number of alkyl halides is 3. The van der Waals surface area contributed by atoms with Crippen molar-refractivity contribution in [1.29, 1.82) is 0 Å². The highest BCUT2D eigenvalue weighted by atomic mass is 19.4. The van der Waals surface area contributed by atoms with Crippen LogP contribution in [0.5, 0.6) is 5.88 Å². The van der Waals surface area contributed by atoms with Crippen LogP contribution in [0.2, 0.25) is 0 Å². The number of carboxylic acids is 1. The lowest BCUT2D eigenvalue weighted by atomic mass is 9.76. The van der Waals surface area contributed by atoms with Gasteiger partial charge in [-0.15, -0.1) is 0 Å². The number of carbonyl (C=O) groups is 1. The number of hydrogen-bond donors (Lipinski definition) is 2. The van der Waals surface area contributed by atoms with Gasteiger partial charge in [0.25, 0.3) is 0 Å². The fraction of sp³-hybridized carbons (Fsp3) is 0.375. The zero-order valence-corrected chi connectivity index (χ0v) is 24.7. The molecule has 13 heteroatoms. The van der Waals surface area contributed by atoms with Crippen LogP contribution < -0.4 is 15.0 Å². The maximum Gasteiger partial charge on any atom is 0.429 e. The number of rotatable bonds is 7.